The first-order valence-electron chi connectivity index (χ1n) is 14.6. The number of nitrogens with zero attached hydrogens (tertiary/aromatic N) is 3. The number of ether oxygens (including phenoxy) is 2. The summed E-state index contributed by atoms with van der Waals surface area (Å²) >= 11 is 0. The van der Waals surface area contributed by atoms with Crippen molar-refractivity contribution < 1.29 is 33.4 Å². The van der Waals surface area contributed by atoms with Crippen LogP contribution in [0.15, 0.2) is 54.6 Å². The fourth-order valence-electron chi connectivity index (χ4n) is 5.39. The third kappa shape index (κ3) is 6.88. The van der Waals surface area contributed by atoms with E-state index in [4.69, 9.17) is 9.47 Å². The van der Waals surface area contributed by atoms with Gasteiger partial charge in [0.25, 0.3) is 17.7 Å². The lowest BCUT2D eigenvalue weighted by Gasteiger charge is -2.46. The highest BCUT2D eigenvalue weighted by molar-refractivity contribution is 6.23. The molecule has 2 aromatic carbocycles. The molecule has 0 spiro atoms. The maximum absolute atomic E-state index is 13.2. The van der Waals surface area contributed by atoms with E-state index in [0.29, 0.717) is 12.4 Å². The number of nitrogens with one attached hydrogen (secondary N) is 3. The Bertz CT molecular complexity index is 1620. The smallest absolute Gasteiger partial charge is 0.410 e. The number of para-hydroxylation sites is 1. The SMILES string of the molecule is Cc1cc(COc2ccc(C(=O)NCC3(N4CCN(C(=O)OC(C)(C)C)CC4)C(=O)NC(=O)NC3=O)cc2)c2ccccc2n1. The van der Waals surface area contributed by atoms with Crippen LogP contribution in [0.3, 0.4) is 0 Å². The van der Waals surface area contributed by atoms with E-state index in [1.165, 1.54) is 4.90 Å². The minimum Gasteiger partial charge on any atom is -0.489 e. The minimum atomic E-state index is -1.90. The number of fused-ring (bicyclic) bond motifs is 1. The van der Waals surface area contributed by atoms with Crippen LogP contribution in [0, 0.1) is 6.92 Å². The van der Waals surface area contributed by atoms with Gasteiger partial charge in [-0.15, -0.1) is 0 Å². The first-order chi connectivity index (χ1) is 21.4. The molecule has 13 heteroatoms. The molecule has 5 rings (SSSR count). The summed E-state index contributed by atoms with van der Waals surface area (Å²) < 4.78 is 11.4. The highest BCUT2D eigenvalue weighted by Gasteiger charge is 2.55. The normalized spacial score (nSPS) is 17.0. The van der Waals surface area contributed by atoms with Gasteiger partial charge in [0.1, 0.15) is 18.0 Å². The lowest BCUT2D eigenvalue weighted by molar-refractivity contribution is -0.148. The number of hydrogen-bond acceptors (Lipinski definition) is 9. The van der Waals surface area contributed by atoms with Crippen LogP contribution in [0.25, 0.3) is 10.9 Å². The van der Waals surface area contributed by atoms with Crippen LogP contribution in [-0.2, 0) is 20.9 Å². The molecule has 6 amide bonds. The second kappa shape index (κ2) is 12.5. The molecule has 2 fully saturated rings. The average Bonchev–Trinajstić information content (AvgIpc) is 2.99. The maximum Gasteiger partial charge on any atom is 0.410 e. The minimum absolute atomic E-state index is 0.127. The van der Waals surface area contributed by atoms with Crippen LogP contribution in [0.4, 0.5) is 9.59 Å². The van der Waals surface area contributed by atoms with Gasteiger partial charge < -0.3 is 19.7 Å². The molecule has 0 radical (unpaired) electrons. The Morgan fingerprint density at radius 3 is 2.24 bits per heavy atom. The van der Waals surface area contributed by atoms with Crippen molar-refractivity contribution in [3.05, 3.63) is 71.4 Å². The van der Waals surface area contributed by atoms with E-state index >= 15 is 0 Å². The Morgan fingerprint density at radius 2 is 1.60 bits per heavy atom. The molecule has 0 atom stereocenters. The summed E-state index contributed by atoms with van der Waals surface area (Å²) in [5, 5.41) is 7.98. The molecule has 0 bridgehead atoms. The monoisotopic (exact) mass is 616 g/mol. The van der Waals surface area contributed by atoms with E-state index in [1.807, 2.05) is 37.3 Å². The Balaban J connectivity index is 1.24. The number of benzene rings is 2. The van der Waals surface area contributed by atoms with Gasteiger partial charge >= 0.3 is 12.1 Å². The summed E-state index contributed by atoms with van der Waals surface area (Å²) in [5.74, 6) is -1.69. The molecule has 0 saturated carbocycles. The van der Waals surface area contributed by atoms with Crippen molar-refractivity contribution in [3.8, 4) is 5.75 Å². The summed E-state index contributed by atoms with van der Waals surface area (Å²) in [6.07, 6.45) is -0.506. The molecule has 13 nitrogen and oxygen atoms in total. The molecule has 3 heterocycles. The Morgan fingerprint density at radius 1 is 0.956 bits per heavy atom. The van der Waals surface area contributed by atoms with E-state index in [-0.39, 0.29) is 31.7 Å². The second-order valence-corrected chi connectivity index (χ2v) is 12.0. The number of amides is 6. The van der Waals surface area contributed by atoms with Crippen molar-refractivity contribution in [2.24, 2.45) is 0 Å². The van der Waals surface area contributed by atoms with E-state index in [0.717, 1.165) is 22.2 Å². The van der Waals surface area contributed by atoms with Gasteiger partial charge in [-0.2, -0.15) is 0 Å². The fourth-order valence-corrected chi connectivity index (χ4v) is 5.39. The molecule has 2 aliphatic heterocycles. The quantitative estimate of drug-likeness (QED) is 0.339. The highest BCUT2D eigenvalue weighted by atomic mass is 16.6. The standard InChI is InChI=1S/C32H36N6O7/c1-20-17-22(24-7-5-6-8-25(24)34-20)18-44-23-11-9-21(10-12-23)26(39)33-19-32(27(40)35-29(42)36-28(32)41)38-15-13-37(14-16-38)30(43)45-31(2,3)4/h5-12,17H,13-16,18-19H2,1-4H3,(H,33,39)(H2,35,36,40,41,42). The number of carbonyl (C=O) groups is 5. The summed E-state index contributed by atoms with van der Waals surface area (Å²) in [6.45, 7) is 7.72. The fraction of sp³-hybridized carbons (Fsp3) is 0.375. The zero-order valence-electron chi connectivity index (χ0n) is 25.6. The van der Waals surface area contributed by atoms with E-state index in [9.17, 15) is 24.0 Å². The number of aromatic nitrogens is 1. The zero-order valence-corrected chi connectivity index (χ0v) is 25.6. The number of aryl methyl sites for hydroxylation is 1. The van der Waals surface area contributed by atoms with Crippen LogP contribution in [0.2, 0.25) is 0 Å². The largest absolute Gasteiger partial charge is 0.489 e. The van der Waals surface area contributed by atoms with E-state index in [2.05, 4.69) is 20.9 Å². The first-order valence-corrected chi connectivity index (χ1v) is 14.6. The predicted molar refractivity (Wildman–Crippen MR) is 163 cm³/mol. The van der Waals surface area contributed by atoms with Crippen molar-refractivity contribution in [2.75, 3.05) is 32.7 Å². The van der Waals surface area contributed by atoms with Crippen LogP contribution in [-0.4, -0.2) is 88.5 Å². The molecule has 3 N–H and O–H groups in total. The second-order valence-electron chi connectivity index (χ2n) is 12.0. The number of imide groups is 2. The Hall–Kier alpha value is -5.04. The summed E-state index contributed by atoms with van der Waals surface area (Å²) in [4.78, 5) is 71.6. The molecule has 2 aliphatic rings. The van der Waals surface area contributed by atoms with Gasteiger partial charge in [-0.25, -0.2) is 9.59 Å². The molecule has 45 heavy (non-hydrogen) atoms. The zero-order chi connectivity index (χ0) is 32.4. The lowest BCUT2D eigenvalue weighted by Crippen LogP contribution is -2.78. The van der Waals surface area contributed by atoms with Gasteiger partial charge in [0, 0.05) is 48.4 Å². The van der Waals surface area contributed by atoms with Gasteiger partial charge in [-0.05, 0) is 64.1 Å². The predicted octanol–water partition coefficient (Wildman–Crippen LogP) is 2.51. The number of carbonyl (C=O) groups excluding carboxylic acids is 5. The molecule has 0 unspecified atom stereocenters. The topological polar surface area (TPSA) is 159 Å². The molecular weight excluding hydrogens is 580 g/mol. The van der Waals surface area contributed by atoms with Crippen molar-refractivity contribution in [3.63, 3.8) is 0 Å². The van der Waals surface area contributed by atoms with Crippen LogP contribution < -0.4 is 20.7 Å². The summed E-state index contributed by atoms with van der Waals surface area (Å²) in [7, 11) is 0. The molecule has 1 aromatic heterocycles. The number of barbiturate groups is 1. The molecular formula is C32H36N6O7. The number of hydrogen-bond donors (Lipinski definition) is 3. The third-order valence-corrected chi connectivity index (χ3v) is 7.62. The molecule has 0 aliphatic carbocycles. The maximum atomic E-state index is 13.2. The van der Waals surface area contributed by atoms with Crippen molar-refractivity contribution >= 4 is 40.7 Å². The van der Waals surface area contributed by atoms with Gasteiger partial charge in [-0.1, -0.05) is 18.2 Å². The number of pyridine rings is 1. The van der Waals surface area contributed by atoms with Gasteiger partial charge in [0.15, 0.2) is 5.54 Å². The third-order valence-electron chi connectivity index (χ3n) is 7.62. The molecule has 236 valence electrons. The highest BCUT2D eigenvalue weighted by Crippen LogP contribution is 2.24. The lowest BCUT2D eigenvalue weighted by atomic mass is 9.91. The summed E-state index contributed by atoms with van der Waals surface area (Å²) in [5.41, 5.74) is 0.450. The van der Waals surface area contributed by atoms with Crippen LogP contribution in [0.5, 0.6) is 5.75 Å². The summed E-state index contributed by atoms with van der Waals surface area (Å²) in [6, 6.07) is 15.3. The van der Waals surface area contributed by atoms with E-state index in [1.54, 1.807) is 49.9 Å². The number of piperazine rings is 1. The number of urea groups is 1. The van der Waals surface area contributed by atoms with E-state index < -0.39 is 47.5 Å². The van der Waals surface area contributed by atoms with Crippen molar-refractivity contribution in [2.45, 2.75) is 45.4 Å². The van der Waals surface area contributed by atoms with Crippen molar-refractivity contribution in [1.82, 2.24) is 30.7 Å². The molecule has 2 saturated heterocycles. The first kappa shape index (κ1) is 31.4. The van der Waals surface area contributed by atoms with Crippen LogP contribution in [0.1, 0.15) is 42.4 Å². The van der Waals surface area contributed by atoms with Gasteiger partial charge in [-0.3, -0.25) is 34.9 Å². The Kier molecular flexibility index (Phi) is 8.73. The van der Waals surface area contributed by atoms with Gasteiger partial charge in [0.05, 0.1) is 12.1 Å². The Labute approximate surface area is 260 Å². The van der Waals surface area contributed by atoms with Gasteiger partial charge in [0.2, 0.25) is 0 Å². The van der Waals surface area contributed by atoms with Crippen molar-refractivity contribution in [1.29, 1.82) is 0 Å². The van der Waals surface area contributed by atoms with Crippen LogP contribution >= 0.6 is 0 Å². The average molecular weight is 617 g/mol. The number of rotatable bonds is 7. The molecule has 3 aromatic rings.